The van der Waals surface area contributed by atoms with E-state index < -0.39 is 5.97 Å². The topological polar surface area (TPSA) is 72.9 Å². The van der Waals surface area contributed by atoms with E-state index in [4.69, 9.17) is 5.11 Å². The van der Waals surface area contributed by atoms with Gasteiger partial charge in [-0.1, -0.05) is 26.7 Å². The van der Waals surface area contributed by atoms with Crippen LogP contribution in [0.3, 0.4) is 0 Å². The Bertz CT molecular complexity index is 449. The van der Waals surface area contributed by atoms with Crippen LogP contribution in [-0.4, -0.2) is 71.1 Å². The predicted octanol–water partition coefficient (Wildman–Crippen LogP) is 1.94. The summed E-state index contributed by atoms with van der Waals surface area (Å²) in [6.45, 7) is 8.82. The van der Waals surface area contributed by atoms with Gasteiger partial charge in [0.1, 0.15) is 0 Å². The predicted molar refractivity (Wildman–Crippen MR) is 98.5 cm³/mol. The Labute approximate surface area is 151 Å². The van der Waals surface area contributed by atoms with Crippen molar-refractivity contribution in [3.63, 3.8) is 0 Å². The molecular weight excluding hydrogens is 318 g/mol. The van der Waals surface area contributed by atoms with E-state index in [0.29, 0.717) is 18.0 Å². The summed E-state index contributed by atoms with van der Waals surface area (Å²) in [5, 5.41) is 12.3. The third-order valence-corrected chi connectivity index (χ3v) is 6.13. The molecule has 25 heavy (non-hydrogen) atoms. The first-order valence-corrected chi connectivity index (χ1v) is 9.92. The van der Waals surface area contributed by atoms with Gasteiger partial charge in [0.2, 0.25) is 5.91 Å². The first kappa shape index (κ1) is 20.2. The molecule has 1 saturated heterocycles. The molecule has 2 fully saturated rings. The molecule has 1 aliphatic carbocycles. The summed E-state index contributed by atoms with van der Waals surface area (Å²) in [4.78, 5) is 27.9. The van der Waals surface area contributed by atoms with Gasteiger partial charge in [-0.3, -0.25) is 19.4 Å². The van der Waals surface area contributed by atoms with Crippen LogP contribution in [0, 0.1) is 5.92 Å². The number of nitrogens with zero attached hydrogens (tertiary/aromatic N) is 2. The molecule has 144 valence electrons. The first-order valence-electron chi connectivity index (χ1n) is 9.92. The maximum absolute atomic E-state index is 12.6. The lowest BCUT2D eigenvalue weighted by atomic mass is 9.86. The van der Waals surface area contributed by atoms with Gasteiger partial charge < -0.3 is 10.4 Å². The van der Waals surface area contributed by atoms with Gasteiger partial charge in [0.05, 0.1) is 12.6 Å². The molecule has 1 saturated carbocycles. The number of carboxylic acids is 1. The van der Waals surface area contributed by atoms with Gasteiger partial charge in [0.25, 0.3) is 0 Å². The highest BCUT2D eigenvalue weighted by molar-refractivity contribution is 5.81. The highest BCUT2D eigenvalue weighted by Crippen LogP contribution is 2.24. The summed E-state index contributed by atoms with van der Waals surface area (Å²) in [6.07, 6.45) is 6.66. The molecule has 1 amide bonds. The van der Waals surface area contributed by atoms with Crippen LogP contribution in [0.2, 0.25) is 0 Å². The number of likely N-dealkylation sites (tertiary alicyclic amines) is 1. The summed E-state index contributed by atoms with van der Waals surface area (Å²) < 4.78 is 0. The molecule has 0 radical (unpaired) electrons. The van der Waals surface area contributed by atoms with Crippen molar-refractivity contribution in [2.45, 2.75) is 77.4 Å². The van der Waals surface area contributed by atoms with Gasteiger partial charge in [0.15, 0.2) is 0 Å². The van der Waals surface area contributed by atoms with Crippen molar-refractivity contribution in [1.82, 2.24) is 15.1 Å². The van der Waals surface area contributed by atoms with Gasteiger partial charge in [-0.05, 0) is 45.1 Å². The van der Waals surface area contributed by atoms with Crippen molar-refractivity contribution in [2.75, 3.05) is 26.2 Å². The lowest BCUT2D eigenvalue weighted by molar-refractivity contribution is -0.139. The fraction of sp³-hybridized carbons (Fsp3) is 0.895. The molecule has 0 aromatic heterocycles. The quantitative estimate of drug-likeness (QED) is 0.732. The van der Waals surface area contributed by atoms with Crippen LogP contribution >= 0.6 is 0 Å². The Balaban J connectivity index is 1.80. The van der Waals surface area contributed by atoms with Crippen molar-refractivity contribution < 1.29 is 14.7 Å². The molecule has 0 aromatic carbocycles. The summed E-state index contributed by atoms with van der Waals surface area (Å²) in [5.74, 6) is -0.0431. The van der Waals surface area contributed by atoms with E-state index >= 15 is 0 Å². The average molecular weight is 354 g/mol. The lowest BCUT2D eigenvalue weighted by Crippen LogP contribution is -2.54. The average Bonchev–Trinajstić information content (AvgIpc) is 2.61. The largest absolute Gasteiger partial charge is 0.480 e. The third-order valence-electron chi connectivity index (χ3n) is 6.13. The smallest absolute Gasteiger partial charge is 0.317 e. The van der Waals surface area contributed by atoms with Gasteiger partial charge in [-0.25, -0.2) is 0 Å². The Hall–Kier alpha value is -1.14. The number of hydrogen-bond acceptors (Lipinski definition) is 4. The van der Waals surface area contributed by atoms with Crippen LogP contribution in [0.1, 0.15) is 59.3 Å². The van der Waals surface area contributed by atoms with Gasteiger partial charge in [-0.15, -0.1) is 0 Å². The van der Waals surface area contributed by atoms with Crippen molar-refractivity contribution in [1.29, 1.82) is 0 Å². The summed E-state index contributed by atoms with van der Waals surface area (Å²) in [5.41, 5.74) is 0. The normalized spacial score (nSPS) is 27.2. The number of piperidine rings is 1. The monoisotopic (exact) mass is 353 g/mol. The number of aliphatic carboxylic acids is 1. The molecule has 2 rings (SSSR count). The Morgan fingerprint density at radius 3 is 2.40 bits per heavy atom. The van der Waals surface area contributed by atoms with Crippen molar-refractivity contribution >= 4 is 11.9 Å². The zero-order valence-electron chi connectivity index (χ0n) is 16.0. The summed E-state index contributed by atoms with van der Waals surface area (Å²) in [6, 6.07) is 0.531. The van der Waals surface area contributed by atoms with E-state index in [1.165, 1.54) is 19.3 Å². The minimum atomic E-state index is -0.765. The van der Waals surface area contributed by atoms with E-state index in [9.17, 15) is 9.59 Å². The molecule has 1 heterocycles. The second-order valence-corrected chi connectivity index (χ2v) is 7.78. The SMILES string of the molecule is CCN(CC(=O)O)C1CCN(C(C)C(=O)NC2CCCCC2C)CC1. The van der Waals surface area contributed by atoms with Crippen molar-refractivity contribution in [3.05, 3.63) is 0 Å². The number of likely N-dealkylation sites (N-methyl/N-ethyl adjacent to an activating group) is 1. The molecule has 0 aromatic rings. The van der Waals surface area contributed by atoms with Crippen molar-refractivity contribution in [2.24, 2.45) is 5.92 Å². The number of nitrogens with one attached hydrogen (secondary N) is 1. The van der Waals surface area contributed by atoms with Gasteiger partial charge in [-0.2, -0.15) is 0 Å². The third kappa shape index (κ3) is 5.68. The molecule has 2 N–H and O–H groups in total. The minimum Gasteiger partial charge on any atom is -0.480 e. The van der Waals surface area contributed by atoms with Crippen molar-refractivity contribution in [3.8, 4) is 0 Å². The second kappa shape index (κ2) is 9.53. The zero-order valence-corrected chi connectivity index (χ0v) is 16.0. The fourth-order valence-corrected chi connectivity index (χ4v) is 4.31. The Morgan fingerprint density at radius 1 is 1.20 bits per heavy atom. The van der Waals surface area contributed by atoms with E-state index in [1.54, 1.807) is 0 Å². The van der Waals surface area contributed by atoms with Crippen LogP contribution < -0.4 is 5.32 Å². The van der Waals surface area contributed by atoms with Gasteiger partial charge in [0, 0.05) is 25.2 Å². The number of rotatable bonds is 7. The maximum Gasteiger partial charge on any atom is 0.317 e. The van der Waals surface area contributed by atoms with Gasteiger partial charge >= 0.3 is 5.97 Å². The number of amides is 1. The molecular formula is C19H35N3O3. The first-order chi connectivity index (χ1) is 11.9. The highest BCUT2D eigenvalue weighted by Gasteiger charge is 2.31. The van der Waals surface area contributed by atoms with Crippen LogP contribution in [0.15, 0.2) is 0 Å². The maximum atomic E-state index is 12.6. The van der Waals surface area contributed by atoms with E-state index in [1.807, 2.05) is 18.7 Å². The molecule has 3 unspecified atom stereocenters. The standard InChI is InChI=1S/C19H35N3O3/c1-4-21(13-18(23)24)16-9-11-22(12-10-16)15(3)19(25)20-17-8-6-5-7-14(17)2/h14-17H,4-13H2,1-3H3,(H,20,25)(H,23,24). The van der Waals surface area contributed by atoms with Crippen LogP contribution in [0.5, 0.6) is 0 Å². The van der Waals surface area contributed by atoms with E-state index in [2.05, 4.69) is 17.1 Å². The molecule has 0 spiro atoms. The van der Waals surface area contributed by atoms with E-state index in [0.717, 1.165) is 38.9 Å². The number of carboxylic acid groups (broad SMARTS) is 1. The Kier molecular flexibility index (Phi) is 7.69. The Morgan fingerprint density at radius 2 is 1.84 bits per heavy atom. The zero-order chi connectivity index (χ0) is 18.4. The number of carbonyl (C=O) groups excluding carboxylic acids is 1. The molecule has 0 bridgehead atoms. The fourth-order valence-electron chi connectivity index (χ4n) is 4.31. The van der Waals surface area contributed by atoms with Crippen LogP contribution in [0.25, 0.3) is 0 Å². The van der Waals surface area contributed by atoms with E-state index in [-0.39, 0.29) is 18.5 Å². The minimum absolute atomic E-state index is 0.107. The molecule has 3 atom stereocenters. The summed E-state index contributed by atoms with van der Waals surface area (Å²) in [7, 11) is 0. The highest BCUT2D eigenvalue weighted by atomic mass is 16.4. The number of hydrogen-bond donors (Lipinski definition) is 2. The van der Waals surface area contributed by atoms with Crippen LogP contribution in [-0.2, 0) is 9.59 Å². The summed E-state index contributed by atoms with van der Waals surface area (Å²) >= 11 is 0. The molecule has 6 nitrogen and oxygen atoms in total. The lowest BCUT2D eigenvalue weighted by Gasteiger charge is -2.40. The molecule has 6 heteroatoms. The molecule has 2 aliphatic rings. The number of carbonyl (C=O) groups is 2. The van der Waals surface area contributed by atoms with Crippen LogP contribution in [0.4, 0.5) is 0 Å². The molecule has 1 aliphatic heterocycles. The second-order valence-electron chi connectivity index (χ2n) is 7.78.